The van der Waals surface area contributed by atoms with Crippen molar-refractivity contribution in [2.75, 3.05) is 11.5 Å². The molecule has 2 aliphatic rings. The molecule has 4 heteroatoms. The van der Waals surface area contributed by atoms with Crippen LogP contribution in [0.2, 0.25) is 0 Å². The zero-order valence-corrected chi connectivity index (χ0v) is 29.5. The van der Waals surface area contributed by atoms with Crippen molar-refractivity contribution >= 4 is 43.4 Å². The van der Waals surface area contributed by atoms with Gasteiger partial charge in [0.15, 0.2) is 0 Å². The smallest absolute Gasteiger partial charge is 0.0736 e. The van der Waals surface area contributed by atoms with Gasteiger partial charge in [-0.15, -0.1) is 22.7 Å². The molecule has 2 heterocycles. The molecule has 240 valence electrons. The van der Waals surface area contributed by atoms with Gasteiger partial charge >= 0.3 is 0 Å². The van der Waals surface area contributed by atoms with Crippen LogP contribution >= 0.6 is 22.7 Å². The summed E-state index contributed by atoms with van der Waals surface area (Å²) < 4.78 is 2.73. The van der Waals surface area contributed by atoms with Crippen LogP contribution in [0.4, 0.5) is 11.4 Å². The third kappa shape index (κ3) is 3.73. The molecule has 6 aromatic carbocycles. The first-order valence-corrected chi connectivity index (χ1v) is 18.7. The number of anilines is 2. The van der Waals surface area contributed by atoms with Crippen molar-refractivity contribution in [2.45, 2.75) is 24.7 Å². The molecule has 0 fully saturated rings. The van der Waals surface area contributed by atoms with Crippen molar-refractivity contribution in [3.8, 4) is 20.9 Å². The minimum absolute atomic E-state index is 0.503. The first-order chi connectivity index (χ1) is 24.4. The zero-order chi connectivity index (χ0) is 33.8. The summed E-state index contributed by atoms with van der Waals surface area (Å²) in [4.78, 5) is 2.71. The molecule has 8 aromatic rings. The van der Waals surface area contributed by atoms with Crippen molar-refractivity contribution in [3.63, 3.8) is 0 Å². The number of benzene rings is 6. The summed E-state index contributed by atoms with van der Waals surface area (Å²) in [7, 11) is 0. The van der Waals surface area contributed by atoms with E-state index in [-0.39, 0.29) is 0 Å². The lowest BCUT2D eigenvalue weighted by molar-refractivity contribution is 0.774. The highest BCUT2D eigenvalue weighted by molar-refractivity contribution is 7.32. The van der Waals surface area contributed by atoms with Gasteiger partial charge in [0.05, 0.1) is 20.2 Å². The van der Waals surface area contributed by atoms with E-state index in [2.05, 4.69) is 159 Å². The zero-order valence-electron chi connectivity index (χ0n) is 27.8. The number of nitrogen functional groups attached to an aromatic ring is 2. The van der Waals surface area contributed by atoms with Crippen molar-refractivity contribution in [3.05, 3.63) is 201 Å². The lowest BCUT2D eigenvalue weighted by atomic mass is 9.67. The van der Waals surface area contributed by atoms with Crippen molar-refractivity contribution < 1.29 is 0 Å². The summed E-state index contributed by atoms with van der Waals surface area (Å²) in [6, 6.07) is 53.7. The lowest BCUT2D eigenvalue weighted by Crippen LogP contribution is -2.29. The van der Waals surface area contributed by atoms with Gasteiger partial charge in [-0.3, -0.25) is 0 Å². The predicted molar refractivity (Wildman–Crippen MR) is 213 cm³/mol. The van der Waals surface area contributed by atoms with E-state index in [1.165, 1.54) is 85.9 Å². The van der Waals surface area contributed by atoms with E-state index >= 15 is 0 Å². The summed E-state index contributed by atoms with van der Waals surface area (Å²) in [5.41, 5.74) is 28.8. The number of hydrogen-bond acceptors (Lipinski definition) is 4. The van der Waals surface area contributed by atoms with Crippen LogP contribution in [0.1, 0.15) is 55.6 Å². The number of rotatable bonds is 4. The van der Waals surface area contributed by atoms with Crippen LogP contribution in [0.5, 0.6) is 0 Å². The summed E-state index contributed by atoms with van der Waals surface area (Å²) in [5.74, 6) is 0. The van der Waals surface area contributed by atoms with E-state index < -0.39 is 10.8 Å². The van der Waals surface area contributed by atoms with Crippen LogP contribution in [-0.4, -0.2) is 0 Å². The Balaban J connectivity index is 1.38. The molecule has 2 aromatic heterocycles. The largest absolute Gasteiger partial charge is 0.399 e. The molecule has 0 saturated heterocycles. The Morgan fingerprint density at radius 2 is 0.720 bits per heavy atom. The Kier molecular flexibility index (Phi) is 6.22. The highest BCUT2D eigenvalue weighted by Gasteiger charge is 2.53. The SMILES string of the molecule is Cc1ccc(C2(c3ccc(N)cc3)c3ccccc3-c3sc4c5c(sc4c32)-c2ccccc2C5(c2ccc(C)cc2)c2ccc(N)cc2)cc1. The van der Waals surface area contributed by atoms with Crippen LogP contribution in [0.15, 0.2) is 146 Å². The summed E-state index contributed by atoms with van der Waals surface area (Å²) >= 11 is 3.94. The fourth-order valence-electron chi connectivity index (χ4n) is 8.89. The summed E-state index contributed by atoms with van der Waals surface area (Å²) in [6.07, 6.45) is 0. The molecule has 0 bridgehead atoms. The van der Waals surface area contributed by atoms with E-state index in [1.807, 2.05) is 22.7 Å². The van der Waals surface area contributed by atoms with Gasteiger partial charge in [-0.05, 0) is 82.6 Å². The predicted octanol–water partition coefficient (Wildman–Crippen LogP) is 11.5. The average Bonchev–Trinajstić information content (AvgIpc) is 3.85. The minimum Gasteiger partial charge on any atom is -0.399 e. The Labute approximate surface area is 300 Å². The Bertz CT molecular complexity index is 2330. The van der Waals surface area contributed by atoms with Gasteiger partial charge in [-0.25, -0.2) is 0 Å². The molecule has 0 radical (unpaired) electrons. The molecule has 0 saturated carbocycles. The van der Waals surface area contributed by atoms with Crippen LogP contribution in [0.25, 0.3) is 30.3 Å². The van der Waals surface area contributed by atoms with E-state index in [4.69, 9.17) is 11.5 Å². The fraction of sp³-hybridized carbons (Fsp3) is 0.0870. The molecule has 10 rings (SSSR count). The number of aryl methyl sites for hydroxylation is 2. The van der Waals surface area contributed by atoms with Gasteiger partial charge in [0, 0.05) is 32.3 Å². The topological polar surface area (TPSA) is 52.0 Å². The summed E-state index contributed by atoms with van der Waals surface area (Å²) in [6.45, 7) is 4.33. The van der Waals surface area contributed by atoms with E-state index in [9.17, 15) is 0 Å². The molecular weight excluding hydrogens is 645 g/mol. The highest BCUT2D eigenvalue weighted by atomic mass is 32.1. The quantitative estimate of drug-likeness (QED) is 0.182. The van der Waals surface area contributed by atoms with Gasteiger partial charge in [0.2, 0.25) is 0 Å². The average molecular weight is 679 g/mol. The first kappa shape index (κ1) is 29.5. The third-order valence-electron chi connectivity index (χ3n) is 11.1. The molecule has 0 amide bonds. The van der Waals surface area contributed by atoms with E-state index in [0.717, 1.165) is 11.4 Å². The molecule has 2 nitrogen and oxygen atoms in total. The van der Waals surface area contributed by atoms with Gasteiger partial charge in [0.1, 0.15) is 0 Å². The number of hydrogen-bond donors (Lipinski definition) is 2. The van der Waals surface area contributed by atoms with Gasteiger partial charge in [-0.1, -0.05) is 132 Å². The maximum Gasteiger partial charge on any atom is 0.0736 e. The van der Waals surface area contributed by atoms with Crippen molar-refractivity contribution in [1.29, 1.82) is 0 Å². The number of fused-ring (bicyclic) bond motifs is 9. The number of thiophene rings is 2. The molecule has 4 N–H and O–H groups in total. The second-order valence-corrected chi connectivity index (χ2v) is 15.9. The van der Waals surface area contributed by atoms with Crippen LogP contribution in [-0.2, 0) is 10.8 Å². The van der Waals surface area contributed by atoms with Crippen molar-refractivity contribution in [1.82, 2.24) is 0 Å². The third-order valence-corrected chi connectivity index (χ3v) is 13.7. The van der Waals surface area contributed by atoms with E-state index in [1.54, 1.807) is 0 Å². The summed E-state index contributed by atoms with van der Waals surface area (Å²) in [5, 5.41) is 0. The van der Waals surface area contributed by atoms with E-state index in [0.29, 0.717) is 0 Å². The molecule has 2 aliphatic carbocycles. The Morgan fingerprint density at radius 3 is 1.08 bits per heavy atom. The maximum absolute atomic E-state index is 6.34. The Morgan fingerprint density at radius 1 is 0.400 bits per heavy atom. The van der Waals surface area contributed by atoms with Crippen LogP contribution < -0.4 is 11.5 Å². The standard InChI is InChI=1S/C46H34N2S2/c1-27-11-15-29(16-12-27)45(31-19-23-33(47)24-20-31)37-9-5-3-7-35(37)41-39(45)43-44(49-41)40-42(50-43)36-8-4-6-10-38(36)46(40,30-17-13-28(2)14-18-30)32-21-25-34(48)26-22-32/h3-26H,47-48H2,1-2H3. The normalized spacial score (nSPS) is 18.5. The molecular formula is C46H34N2S2. The fourth-order valence-corrected chi connectivity index (χ4v) is 12.1. The van der Waals surface area contributed by atoms with Gasteiger partial charge in [0.25, 0.3) is 0 Å². The number of nitrogens with two attached hydrogens (primary N) is 2. The monoisotopic (exact) mass is 678 g/mol. The molecule has 0 aliphatic heterocycles. The lowest BCUT2D eigenvalue weighted by Gasteiger charge is -2.34. The van der Waals surface area contributed by atoms with Crippen LogP contribution in [0, 0.1) is 13.8 Å². The molecule has 0 spiro atoms. The highest BCUT2D eigenvalue weighted by Crippen LogP contribution is 2.68. The second-order valence-electron chi connectivity index (χ2n) is 13.8. The van der Waals surface area contributed by atoms with Crippen LogP contribution in [0.3, 0.4) is 0 Å². The maximum atomic E-state index is 6.34. The van der Waals surface area contributed by atoms with Gasteiger partial charge < -0.3 is 11.5 Å². The molecule has 50 heavy (non-hydrogen) atoms. The second kappa shape index (κ2) is 10.5. The minimum atomic E-state index is -0.503. The molecule has 2 unspecified atom stereocenters. The Hall–Kier alpha value is -5.42. The first-order valence-electron chi connectivity index (χ1n) is 17.1. The molecule has 2 atom stereocenters. The van der Waals surface area contributed by atoms with Crippen molar-refractivity contribution in [2.24, 2.45) is 0 Å². The van der Waals surface area contributed by atoms with Gasteiger partial charge in [-0.2, -0.15) is 0 Å².